The summed E-state index contributed by atoms with van der Waals surface area (Å²) < 4.78 is 11.2. The first-order chi connectivity index (χ1) is 10.8. The van der Waals surface area contributed by atoms with Crippen molar-refractivity contribution < 1.29 is 19.1 Å². The fourth-order valence-corrected chi connectivity index (χ4v) is 2.32. The quantitative estimate of drug-likeness (QED) is 0.619. The zero-order valence-corrected chi connectivity index (χ0v) is 14.1. The monoisotopic (exact) mass is 320 g/mol. The molecular weight excluding hydrogens is 296 g/mol. The summed E-state index contributed by atoms with van der Waals surface area (Å²) >= 11 is 0. The molecule has 2 rings (SSSR count). The van der Waals surface area contributed by atoms with E-state index in [1.54, 1.807) is 13.8 Å². The van der Waals surface area contributed by atoms with Crippen molar-refractivity contribution in [3.63, 3.8) is 0 Å². The average Bonchev–Trinajstić information content (AvgIpc) is 2.65. The third-order valence-corrected chi connectivity index (χ3v) is 3.43. The molecule has 1 aromatic carbocycles. The number of hydrogen-bond donors (Lipinski definition) is 1. The Hall–Kier alpha value is -2.24. The van der Waals surface area contributed by atoms with Crippen molar-refractivity contribution in [2.75, 3.05) is 13.2 Å². The molecule has 126 valence electrons. The van der Waals surface area contributed by atoms with Crippen LogP contribution in [0.2, 0.25) is 0 Å². The van der Waals surface area contributed by atoms with E-state index in [0.29, 0.717) is 19.6 Å². The summed E-state index contributed by atoms with van der Waals surface area (Å²) in [5.74, 6) is 1.34. The van der Waals surface area contributed by atoms with Gasteiger partial charge in [-0.3, -0.25) is 9.69 Å². The Kier molecular flexibility index (Phi) is 5.13. The van der Waals surface area contributed by atoms with E-state index in [1.807, 2.05) is 38.1 Å². The Balaban J connectivity index is 1.75. The second-order valence-electron chi connectivity index (χ2n) is 6.35. The number of imide groups is 1. The SMILES string of the molecule is CC(C)Oc1ccc(OCCCN2C(=O)NC(C)(C)C2=O)cc1. The van der Waals surface area contributed by atoms with Gasteiger partial charge in [0.1, 0.15) is 17.0 Å². The van der Waals surface area contributed by atoms with Gasteiger partial charge < -0.3 is 14.8 Å². The van der Waals surface area contributed by atoms with E-state index < -0.39 is 5.54 Å². The molecule has 0 atom stereocenters. The lowest BCUT2D eigenvalue weighted by molar-refractivity contribution is -0.130. The van der Waals surface area contributed by atoms with Crippen LogP contribution in [0, 0.1) is 0 Å². The average molecular weight is 320 g/mol. The minimum atomic E-state index is -0.815. The minimum Gasteiger partial charge on any atom is -0.494 e. The first-order valence-corrected chi connectivity index (χ1v) is 7.83. The van der Waals surface area contributed by atoms with Gasteiger partial charge in [0.15, 0.2) is 0 Å². The first kappa shape index (κ1) is 17.1. The van der Waals surface area contributed by atoms with Gasteiger partial charge in [0, 0.05) is 6.54 Å². The molecular formula is C17H24N2O4. The van der Waals surface area contributed by atoms with Gasteiger partial charge in [-0.25, -0.2) is 4.79 Å². The van der Waals surface area contributed by atoms with Crippen LogP contribution in [-0.4, -0.2) is 41.6 Å². The number of benzene rings is 1. The maximum Gasteiger partial charge on any atom is 0.325 e. The summed E-state index contributed by atoms with van der Waals surface area (Å²) in [6, 6.07) is 7.06. The third kappa shape index (κ3) is 4.37. The molecule has 23 heavy (non-hydrogen) atoms. The molecule has 0 spiro atoms. The Bertz CT molecular complexity index is 566. The minimum absolute atomic E-state index is 0.134. The van der Waals surface area contributed by atoms with E-state index >= 15 is 0 Å². The van der Waals surface area contributed by atoms with Crippen LogP contribution < -0.4 is 14.8 Å². The molecule has 0 unspecified atom stereocenters. The van der Waals surface area contributed by atoms with Gasteiger partial charge in [-0.2, -0.15) is 0 Å². The van der Waals surface area contributed by atoms with Crippen LogP contribution in [0.25, 0.3) is 0 Å². The number of nitrogens with one attached hydrogen (secondary N) is 1. The largest absolute Gasteiger partial charge is 0.494 e. The maximum atomic E-state index is 12.0. The Morgan fingerprint density at radius 2 is 1.74 bits per heavy atom. The number of rotatable bonds is 7. The van der Waals surface area contributed by atoms with E-state index in [2.05, 4.69) is 5.32 Å². The summed E-state index contributed by atoms with van der Waals surface area (Å²) in [4.78, 5) is 25.0. The van der Waals surface area contributed by atoms with Crippen LogP contribution in [-0.2, 0) is 4.79 Å². The van der Waals surface area contributed by atoms with Crippen LogP contribution in [0.3, 0.4) is 0 Å². The van der Waals surface area contributed by atoms with Crippen molar-refractivity contribution in [1.29, 1.82) is 0 Å². The molecule has 1 fully saturated rings. The van der Waals surface area contributed by atoms with Crippen LogP contribution in [0.1, 0.15) is 34.1 Å². The third-order valence-electron chi connectivity index (χ3n) is 3.43. The smallest absolute Gasteiger partial charge is 0.325 e. The van der Waals surface area contributed by atoms with Crippen LogP contribution in [0.15, 0.2) is 24.3 Å². The molecule has 0 bridgehead atoms. The molecule has 1 aliphatic heterocycles. The van der Waals surface area contributed by atoms with Crippen molar-refractivity contribution in [2.45, 2.75) is 45.8 Å². The van der Waals surface area contributed by atoms with Crippen molar-refractivity contribution in [2.24, 2.45) is 0 Å². The van der Waals surface area contributed by atoms with E-state index in [4.69, 9.17) is 9.47 Å². The second kappa shape index (κ2) is 6.89. The predicted molar refractivity (Wildman–Crippen MR) is 86.6 cm³/mol. The molecule has 3 amide bonds. The van der Waals surface area contributed by atoms with Gasteiger partial charge in [0.2, 0.25) is 0 Å². The normalized spacial score (nSPS) is 16.7. The molecule has 1 aromatic rings. The number of amides is 3. The molecule has 0 radical (unpaired) electrons. The number of ether oxygens (including phenoxy) is 2. The van der Waals surface area contributed by atoms with Crippen molar-refractivity contribution in [3.05, 3.63) is 24.3 Å². The van der Waals surface area contributed by atoms with E-state index in [9.17, 15) is 9.59 Å². The molecule has 1 aliphatic rings. The van der Waals surface area contributed by atoms with Crippen LogP contribution in [0.4, 0.5) is 4.79 Å². The van der Waals surface area contributed by atoms with Crippen LogP contribution >= 0.6 is 0 Å². The van der Waals surface area contributed by atoms with Gasteiger partial charge in [-0.15, -0.1) is 0 Å². The number of carbonyl (C=O) groups excluding carboxylic acids is 2. The van der Waals surface area contributed by atoms with E-state index in [1.165, 1.54) is 4.90 Å². The molecule has 0 saturated carbocycles. The lowest BCUT2D eigenvalue weighted by Crippen LogP contribution is -2.40. The van der Waals surface area contributed by atoms with Gasteiger partial charge in [-0.05, 0) is 58.4 Å². The Morgan fingerprint density at radius 3 is 2.26 bits per heavy atom. The summed E-state index contributed by atoms with van der Waals surface area (Å²) in [6.07, 6.45) is 0.717. The highest BCUT2D eigenvalue weighted by molar-refractivity contribution is 6.06. The predicted octanol–water partition coefficient (Wildman–Crippen LogP) is 2.57. The molecule has 6 nitrogen and oxygen atoms in total. The summed E-state index contributed by atoms with van der Waals surface area (Å²) in [5, 5.41) is 2.66. The number of urea groups is 1. The summed E-state index contributed by atoms with van der Waals surface area (Å²) in [7, 11) is 0. The van der Waals surface area contributed by atoms with Gasteiger partial charge in [-0.1, -0.05) is 0 Å². The maximum absolute atomic E-state index is 12.0. The molecule has 0 aromatic heterocycles. The van der Waals surface area contributed by atoms with Crippen LogP contribution in [0.5, 0.6) is 11.5 Å². The Morgan fingerprint density at radius 1 is 1.13 bits per heavy atom. The van der Waals surface area contributed by atoms with Gasteiger partial charge in [0.05, 0.1) is 12.7 Å². The fraction of sp³-hybridized carbons (Fsp3) is 0.529. The fourth-order valence-electron chi connectivity index (χ4n) is 2.32. The summed E-state index contributed by atoms with van der Waals surface area (Å²) in [6.45, 7) is 8.13. The second-order valence-corrected chi connectivity index (χ2v) is 6.35. The van der Waals surface area contributed by atoms with Gasteiger partial charge >= 0.3 is 6.03 Å². The Labute approximate surface area is 136 Å². The highest BCUT2D eigenvalue weighted by Gasteiger charge is 2.43. The highest BCUT2D eigenvalue weighted by Crippen LogP contribution is 2.19. The molecule has 1 N–H and O–H groups in total. The zero-order chi connectivity index (χ0) is 17.0. The number of nitrogens with zero attached hydrogens (tertiary/aromatic N) is 1. The number of hydrogen-bond acceptors (Lipinski definition) is 4. The standard InChI is InChI=1S/C17H24N2O4/c1-12(2)23-14-8-6-13(7-9-14)22-11-5-10-19-15(20)17(3,4)18-16(19)21/h6-9,12H,5,10-11H2,1-4H3,(H,18,21). The van der Waals surface area contributed by atoms with E-state index in [0.717, 1.165) is 11.5 Å². The van der Waals surface area contributed by atoms with E-state index in [-0.39, 0.29) is 18.0 Å². The van der Waals surface area contributed by atoms with Crippen molar-refractivity contribution >= 4 is 11.9 Å². The lowest BCUT2D eigenvalue weighted by atomic mass is 10.1. The summed E-state index contributed by atoms with van der Waals surface area (Å²) in [5.41, 5.74) is -0.815. The zero-order valence-electron chi connectivity index (χ0n) is 14.1. The number of carbonyl (C=O) groups is 2. The topological polar surface area (TPSA) is 67.9 Å². The molecule has 1 heterocycles. The van der Waals surface area contributed by atoms with Crippen molar-refractivity contribution in [3.8, 4) is 11.5 Å². The molecule has 0 aliphatic carbocycles. The highest BCUT2D eigenvalue weighted by atomic mass is 16.5. The van der Waals surface area contributed by atoms with Gasteiger partial charge in [0.25, 0.3) is 5.91 Å². The lowest BCUT2D eigenvalue weighted by Gasteiger charge is -2.16. The first-order valence-electron chi connectivity index (χ1n) is 7.83. The van der Waals surface area contributed by atoms with Crippen molar-refractivity contribution in [1.82, 2.24) is 10.2 Å². The molecule has 6 heteroatoms. The molecule has 1 saturated heterocycles.